The number of carbonyl (C=O) groups is 1. The Bertz CT molecular complexity index is 502. The normalized spacial score (nSPS) is 10.1. The highest BCUT2D eigenvalue weighted by Crippen LogP contribution is 2.22. The van der Waals surface area contributed by atoms with Crippen LogP contribution in [0.15, 0.2) is 36.4 Å². The van der Waals surface area contributed by atoms with Crippen molar-refractivity contribution in [3.63, 3.8) is 0 Å². The minimum atomic E-state index is -0.0261. The Morgan fingerprint density at radius 2 is 1.88 bits per heavy atom. The first-order valence-electron chi connectivity index (χ1n) is 5.10. The minimum Gasteiger partial charge on any atom is -0.321 e. The smallest absolute Gasteiger partial charge is 0.266 e. The van der Waals surface area contributed by atoms with E-state index in [0.717, 1.165) is 21.0 Å². The van der Waals surface area contributed by atoms with Crippen LogP contribution in [0.2, 0.25) is 0 Å². The van der Waals surface area contributed by atoms with Crippen molar-refractivity contribution in [2.75, 3.05) is 5.32 Å². The molecule has 1 amide bonds. The number of hydrogen-bond acceptors (Lipinski definition) is 2. The van der Waals surface area contributed by atoms with Gasteiger partial charge in [-0.25, -0.2) is 0 Å². The number of aryl methyl sites for hydroxylation is 2. The van der Waals surface area contributed by atoms with Crippen molar-refractivity contribution >= 4 is 22.9 Å². The molecule has 0 fully saturated rings. The van der Waals surface area contributed by atoms with E-state index in [4.69, 9.17) is 0 Å². The molecule has 0 spiro atoms. The highest BCUT2D eigenvalue weighted by atomic mass is 32.1. The van der Waals surface area contributed by atoms with Gasteiger partial charge in [0.25, 0.3) is 5.91 Å². The first-order valence-corrected chi connectivity index (χ1v) is 5.92. The molecule has 2 nitrogen and oxygen atoms in total. The van der Waals surface area contributed by atoms with Gasteiger partial charge in [-0.05, 0) is 37.6 Å². The van der Waals surface area contributed by atoms with E-state index in [0.29, 0.717) is 0 Å². The molecule has 0 unspecified atom stereocenters. The fraction of sp³-hybridized carbons (Fsp3) is 0.154. The summed E-state index contributed by atoms with van der Waals surface area (Å²) in [6, 6.07) is 11.5. The van der Waals surface area contributed by atoms with E-state index in [1.54, 1.807) is 0 Å². The fourth-order valence-electron chi connectivity index (χ4n) is 1.58. The third-order valence-electron chi connectivity index (χ3n) is 2.28. The molecule has 1 N–H and O–H groups in total. The maximum atomic E-state index is 11.9. The Kier molecular flexibility index (Phi) is 3.06. The Morgan fingerprint density at radius 1 is 1.19 bits per heavy atom. The maximum Gasteiger partial charge on any atom is 0.266 e. The van der Waals surface area contributed by atoms with Crippen molar-refractivity contribution in [1.82, 2.24) is 0 Å². The van der Waals surface area contributed by atoms with Gasteiger partial charge in [0, 0.05) is 10.6 Å². The summed E-state index contributed by atoms with van der Waals surface area (Å²) in [5.74, 6) is -0.0261. The van der Waals surface area contributed by atoms with Gasteiger partial charge in [-0.1, -0.05) is 18.2 Å². The number of thiophene rings is 1. The van der Waals surface area contributed by atoms with Gasteiger partial charge in [-0.3, -0.25) is 4.79 Å². The molecule has 1 aromatic heterocycles. The molecule has 16 heavy (non-hydrogen) atoms. The predicted octanol–water partition coefficient (Wildman–Crippen LogP) is 3.62. The summed E-state index contributed by atoms with van der Waals surface area (Å²) in [6.07, 6.45) is 0. The SMILES string of the molecule is Cc1cc(C)c(C(=O)Nc2ccccc2)s1. The highest BCUT2D eigenvalue weighted by molar-refractivity contribution is 7.14. The van der Waals surface area contributed by atoms with Crippen LogP contribution in [0.3, 0.4) is 0 Å². The molecule has 0 saturated heterocycles. The molecule has 1 heterocycles. The number of carbonyl (C=O) groups excluding carboxylic acids is 1. The standard InChI is InChI=1S/C13H13NOS/c1-9-8-10(2)16-12(9)13(15)14-11-6-4-3-5-7-11/h3-8H,1-2H3,(H,14,15). The van der Waals surface area contributed by atoms with Gasteiger partial charge >= 0.3 is 0 Å². The van der Waals surface area contributed by atoms with Gasteiger partial charge in [0.05, 0.1) is 4.88 Å². The zero-order valence-corrected chi connectivity index (χ0v) is 10.1. The Morgan fingerprint density at radius 3 is 2.44 bits per heavy atom. The monoisotopic (exact) mass is 231 g/mol. The molecule has 0 aliphatic rings. The van der Waals surface area contributed by atoms with Gasteiger partial charge in [-0.15, -0.1) is 11.3 Å². The molecule has 82 valence electrons. The summed E-state index contributed by atoms with van der Waals surface area (Å²) in [5.41, 5.74) is 1.87. The van der Waals surface area contributed by atoms with E-state index >= 15 is 0 Å². The molecule has 1 aromatic carbocycles. The van der Waals surface area contributed by atoms with E-state index < -0.39 is 0 Å². The second kappa shape index (κ2) is 4.49. The number of hydrogen-bond donors (Lipinski definition) is 1. The highest BCUT2D eigenvalue weighted by Gasteiger charge is 2.11. The van der Waals surface area contributed by atoms with E-state index in [9.17, 15) is 4.79 Å². The van der Waals surface area contributed by atoms with E-state index in [1.807, 2.05) is 50.2 Å². The Balaban J connectivity index is 2.18. The molecule has 0 saturated carbocycles. The first-order chi connectivity index (χ1) is 7.66. The van der Waals surface area contributed by atoms with Crippen LogP contribution in [0.5, 0.6) is 0 Å². The van der Waals surface area contributed by atoms with Crippen LogP contribution in [-0.2, 0) is 0 Å². The second-order valence-electron chi connectivity index (χ2n) is 3.69. The topological polar surface area (TPSA) is 29.1 Å². The number of nitrogens with one attached hydrogen (secondary N) is 1. The summed E-state index contributed by atoms with van der Waals surface area (Å²) in [7, 11) is 0. The van der Waals surface area contributed by atoms with Crippen molar-refractivity contribution in [2.45, 2.75) is 13.8 Å². The third kappa shape index (κ3) is 2.31. The van der Waals surface area contributed by atoms with Crippen LogP contribution in [0.1, 0.15) is 20.1 Å². The zero-order chi connectivity index (χ0) is 11.5. The zero-order valence-electron chi connectivity index (χ0n) is 9.28. The van der Waals surface area contributed by atoms with E-state index in [2.05, 4.69) is 5.32 Å². The van der Waals surface area contributed by atoms with E-state index in [1.165, 1.54) is 11.3 Å². The number of amides is 1. The lowest BCUT2D eigenvalue weighted by Gasteiger charge is -2.03. The number of rotatable bonds is 2. The summed E-state index contributed by atoms with van der Waals surface area (Å²) in [4.78, 5) is 13.9. The first kappa shape index (κ1) is 10.9. The molecule has 0 bridgehead atoms. The Labute approximate surface area is 98.9 Å². The van der Waals surface area contributed by atoms with Gasteiger partial charge < -0.3 is 5.32 Å². The summed E-state index contributed by atoms with van der Waals surface area (Å²) in [5, 5.41) is 2.88. The molecule has 0 radical (unpaired) electrons. The molecular weight excluding hydrogens is 218 g/mol. The average molecular weight is 231 g/mol. The van der Waals surface area contributed by atoms with Gasteiger partial charge in [-0.2, -0.15) is 0 Å². The van der Waals surface area contributed by atoms with Crippen molar-refractivity contribution in [1.29, 1.82) is 0 Å². The molecule has 2 rings (SSSR count). The molecule has 3 heteroatoms. The lowest BCUT2D eigenvalue weighted by atomic mass is 10.2. The van der Waals surface area contributed by atoms with Crippen molar-refractivity contribution < 1.29 is 4.79 Å². The number of para-hydroxylation sites is 1. The molecular formula is C13H13NOS. The van der Waals surface area contributed by atoms with Crippen LogP contribution < -0.4 is 5.32 Å². The number of anilines is 1. The summed E-state index contributed by atoms with van der Waals surface area (Å²) >= 11 is 1.53. The summed E-state index contributed by atoms with van der Waals surface area (Å²) in [6.45, 7) is 3.97. The van der Waals surface area contributed by atoms with Gasteiger partial charge in [0.2, 0.25) is 0 Å². The second-order valence-corrected chi connectivity index (χ2v) is 4.95. The lowest BCUT2D eigenvalue weighted by Crippen LogP contribution is -2.10. The summed E-state index contributed by atoms with van der Waals surface area (Å²) < 4.78 is 0. The fourth-order valence-corrected chi connectivity index (χ4v) is 2.50. The van der Waals surface area contributed by atoms with Crippen LogP contribution in [0, 0.1) is 13.8 Å². The molecule has 0 atom stereocenters. The van der Waals surface area contributed by atoms with Gasteiger partial charge in [0.1, 0.15) is 0 Å². The van der Waals surface area contributed by atoms with Crippen LogP contribution in [-0.4, -0.2) is 5.91 Å². The van der Waals surface area contributed by atoms with Crippen molar-refractivity contribution in [2.24, 2.45) is 0 Å². The van der Waals surface area contributed by atoms with Crippen molar-refractivity contribution in [3.05, 3.63) is 51.7 Å². The van der Waals surface area contributed by atoms with Crippen LogP contribution >= 0.6 is 11.3 Å². The molecule has 0 aliphatic heterocycles. The quantitative estimate of drug-likeness (QED) is 0.840. The molecule has 0 aliphatic carbocycles. The average Bonchev–Trinajstić information content (AvgIpc) is 2.59. The van der Waals surface area contributed by atoms with E-state index in [-0.39, 0.29) is 5.91 Å². The maximum absolute atomic E-state index is 11.9. The Hall–Kier alpha value is -1.61. The largest absolute Gasteiger partial charge is 0.321 e. The minimum absolute atomic E-state index is 0.0261. The van der Waals surface area contributed by atoms with Gasteiger partial charge in [0.15, 0.2) is 0 Å². The van der Waals surface area contributed by atoms with Crippen LogP contribution in [0.25, 0.3) is 0 Å². The molecule has 2 aromatic rings. The van der Waals surface area contributed by atoms with Crippen LogP contribution in [0.4, 0.5) is 5.69 Å². The third-order valence-corrected chi connectivity index (χ3v) is 3.43. The number of benzene rings is 1. The predicted molar refractivity (Wildman–Crippen MR) is 68.2 cm³/mol. The lowest BCUT2D eigenvalue weighted by molar-refractivity contribution is 0.103. The van der Waals surface area contributed by atoms with Crippen molar-refractivity contribution in [3.8, 4) is 0 Å².